The van der Waals surface area contributed by atoms with E-state index in [1.54, 1.807) is 5.01 Å². The Hall–Kier alpha value is -0.850. The second-order valence-electron chi connectivity index (χ2n) is 5.17. The van der Waals surface area contributed by atoms with Crippen molar-refractivity contribution in [1.82, 2.24) is 15.3 Å². The zero-order chi connectivity index (χ0) is 14.1. The minimum atomic E-state index is -0.733. The Morgan fingerprint density at radius 1 is 1.40 bits per heavy atom. The minimum Gasteiger partial charge on any atom is -0.481 e. The first kappa shape index (κ1) is 19.1. The number of carbonyl (C=O) groups is 2. The molecule has 118 valence electrons. The van der Waals surface area contributed by atoms with Gasteiger partial charge in [-0.2, -0.15) is 0 Å². The van der Waals surface area contributed by atoms with Crippen LogP contribution < -0.4 is 5.32 Å². The van der Waals surface area contributed by atoms with Crippen molar-refractivity contribution in [3.05, 3.63) is 0 Å². The highest BCUT2D eigenvalue weighted by Gasteiger charge is 2.16. The lowest BCUT2D eigenvalue weighted by Gasteiger charge is -2.35. The molecule has 20 heavy (non-hydrogen) atoms. The monoisotopic (exact) mass is 307 g/mol. The molecule has 2 N–H and O–H groups in total. The van der Waals surface area contributed by atoms with E-state index in [2.05, 4.69) is 10.3 Å². The van der Waals surface area contributed by atoms with Gasteiger partial charge < -0.3 is 10.4 Å². The molecule has 1 aliphatic heterocycles. The topological polar surface area (TPSA) is 72.9 Å². The van der Waals surface area contributed by atoms with Gasteiger partial charge in [-0.1, -0.05) is 19.8 Å². The van der Waals surface area contributed by atoms with Crippen molar-refractivity contribution in [2.24, 2.45) is 5.92 Å². The van der Waals surface area contributed by atoms with Gasteiger partial charge in [0.15, 0.2) is 0 Å². The SMILES string of the molecule is CC(CCCCN(C=O)N1CCNCC1)CC(=O)O.Cl. The number of amides is 1. The Bertz CT molecular complexity index is 286. The summed E-state index contributed by atoms with van der Waals surface area (Å²) in [7, 11) is 0. The van der Waals surface area contributed by atoms with Crippen LogP contribution in [0, 0.1) is 5.92 Å². The average molecular weight is 308 g/mol. The summed E-state index contributed by atoms with van der Waals surface area (Å²) in [5.41, 5.74) is 0. The van der Waals surface area contributed by atoms with Crippen LogP contribution in [0.25, 0.3) is 0 Å². The lowest BCUT2D eigenvalue weighted by atomic mass is 10.0. The molecule has 0 aromatic heterocycles. The highest BCUT2D eigenvalue weighted by atomic mass is 35.5. The molecule has 1 aliphatic rings. The summed E-state index contributed by atoms with van der Waals surface area (Å²) in [5.74, 6) is -0.524. The van der Waals surface area contributed by atoms with Crippen molar-refractivity contribution in [1.29, 1.82) is 0 Å². The number of piperazine rings is 1. The molecule has 1 fully saturated rings. The van der Waals surface area contributed by atoms with Gasteiger partial charge in [0.05, 0.1) is 0 Å². The van der Waals surface area contributed by atoms with Crippen molar-refractivity contribution >= 4 is 24.8 Å². The second kappa shape index (κ2) is 10.9. The third-order valence-electron chi connectivity index (χ3n) is 3.44. The Morgan fingerprint density at radius 3 is 2.60 bits per heavy atom. The Morgan fingerprint density at radius 2 is 2.05 bits per heavy atom. The van der Waals surface area contributed by atoms with Crippen LogP contribution >= 0.6 is 12.4 Å². The predicted molar refractivity (Wildman–Crippen MR) is 79.7 cm³/mol. The molecule has 1 saturated heterocycles. The van der Waals surface area contributed by atoms with Gasteiger partial charge in [0.25, 0.3) is 0 Å². The number of hydrogen-bond acceptors (Lipinski definition) is 4. The molecule has 6 nitrogen and oxygen atoms in total. The molecule has 1 unspecified atom stereocenters. The Balaban J connectivity index is 0.00000361. The van der Waals surface area contributed by atoms with Gasteiger partial charge in [0, 0.05) is 39.1 Å². The van der Waals surface area contributed by atoms with Crippen LogP contribution in [-0.2, 0) is 9.59 Å². The van der Waals surface area contributed by atoms with Gasteiger partial charge in [-0.05, 0) is 12.3 Å². The van der Waals surface area contributed by atoms with Crippen LogP contribution in [0.15, 0.2) is 0 Å². The molecule has 0 aliphatic carbocycles. The number of nitrogens with zero attached hydrogens (tertiary/aromatic N) is 2. The van der Waals surface area contributed by atoms with Crippen LogP contribution in [0.2, 0.25) is 0 Å². The summed E-state index contributed by atoms with van der Waals surface area (Å²) in [6.45, 7) is 6.26. The van der Waals surface area contributed by atoms with E-state index in [-0.39, 0.29) is 24.7 Å². The molecule has 0 saturated carbocycles. The smallest absolute Gasteiger partial charge is 0.303 e. The first-order chi connectivity index (χ1) is 9.13. The highest BCUT2D eigenvalue weighted by molar-refractivity contribution is 5.85. The van der Waals surface area contributed by atoms with Crippen molar-refractivity contribution in [2.75, 3.05) is 32.7 Å². The maximum absolute atomic E-state index is 11.1. The molecule has 0 aromatic rings. The Kier molecular flexibility index (Phi) is 10.4. The number of nitrogens with one attached hydrogen (secondary N) is 1. The van der Waals surface area contributed by atoms with Crippen LogP contribution in [0.4, 0.5) is 0 Å². The predicted octanol–water partition coefficient (Wildman–Crippen LogP) is 0.968. The van der Waals surface area contributed by atoms with E-state index < -0.39 is 5.97 Å². The van der Waals surface area contributed by atoms with E-state index in [9.17, 15) is 9.59 Å². The van der Waals surface area contributed by atoms with Gasteiger partial charge in [0.2, 0.25) is 6.41 Å². The minimum absolute atomic E-state index is 0. The summed E-state index contributed by atoms with van der Waals surface area (Å²) in [4.78, 5) is 21.6. The largest absolute Gasteiger partial charge is 0.481 e. The molecule has 7 heteroatoms. The first-order valence-electron chi connectivity index (χ1n) is 7.02. The van der Waals surface area contributed by atoms with E-state index in [0.29, 0.717) is 0 Å². The van der Waals surface area contributed by atoms with Crippen LogP contribution in [0.3, 0.4) is 0 Å². The molecule has 1 amide bonds. The molecule has 0 radical (unpaired) electrons. The molecular weight excluding hydrogens is 282 g/mol. The molecule has 0 bridgehead atoms. The van der Waals surface area contributed by atoms with Gasteiger partial charge >= 0.3 is 5.97 Å². The van der Waals surface area contributed by atoms with E-state index in [1.807, 2.05) is 6.92 Å². The zero-order valence-electron chi connectivity index (χ0n) is 12.1. The summed E-state index contributed by atoms with van der Waals surface area (Å²) >= 11 is 0. The molecule has 1 rings (SSSR count). The summed E-state index contributed by atoms with van der Waals surface area (Å²) in [6, 6.07) is 0. The maximum Gasteiger partial charge on any atom is 0.303 e. The van der Waals surface area contributed by atoms with E-state index >= 15 is 0 Å². The summed E-state index contributed by atoms with van der Waals surface area (Å²) in [6.07, 6.45) is 3.92. The molecule has 0 spiro atoms. The van der Waals surface area contributed by atoms with Crippen molar-refractivity contribution in [3.8, 4) is 0 Å². The number of aliphatic carboxylic acids is 1. The third-order valence-corrected chi connectivity index (χ3v) is 3.44. The highest BCUT2D eigenvalue weighted by Crippen LogP contribution is 2.12. The van der Waals surface area contributed by atoms with Crippen molar-refractivity contribution < 1.29 is 14.7 Å². The number of rotatable bonds is 9. The first-order valence-corrected chi connectivity index (χ1v) is 7.02. The summed E-state index contributed by atoms with van der Waals surface area (Å²) in [5, 5.41) is 15.8. The van der Waals surface area contributed by atoms with Crippen molar-refractivity contribution in [3.63, 3.8) is 0 Å². The van der Waals surface area contributed by atoms with Gasteiger partial charge in [0.1, 0.15) is 0 Å². The number of carboxylic acids is 1. The second-order valence-corrected chi connectivity index (χ2v) is 5.17. The number of unbranched alkanes of at least 4 members (excludes halogenated alkanes) is 1. The summed E-state index contributed by atoms with van der Waals surface area (Å²) < 4.78 is 0. The normalized spacial score (nSPS) is 17.1. The van der Waals surface area contributed by atoms with Gasteiger partial charge in [-0.3, -0.25) is 14.6 Å². The standard InChI is InChI=1S/C13H25N3O3.ClH/c1-12(10-13(18)19)4-2-3-7-16(11-17)15-8-5-14-6-9-15;/h11-12,14H,2-10H2,1H3,(H,18,19);1H. The number of carboxylic acid groups (broad SMARTS) is 1. The van der Waals surface area contributed by atoms with Crippen LogP contribution in [0.1, 0.15) is 32.6 Å². The van der Waals surface area contributed by atoms with Gasteiger partial charge in [-0.15, -0.1) is 12.4 Å². The number of halogens is 1. The number of carbonyl (C=O) groups excluding carboxylic acids is 1. The van der Waals surface area contributed by atoms with Crippen LogP contribution in [-0.4, -0.2) is 60.2 Å². The molecule has 1 atom stereocenters. The zero-order valence-corrected chi connectivity index (χ0v) is 12.9. The maximum atomic E-state index is 11.1. The fourth-order valence-electron chi connectivity index (χ4n) is 2.34. The fourth-order valence-corrected chi connectivity index (χ4v) is 2.34. The van der Waals surface area contributed by atoms with E-state index in [4.69, 9.17) is 5.11 Å². The lowest BCUT2D eigenvalue weighted by molar-refractivity contribution is -0.138. The van der Waals surface area contributed by atoms with Crippen LogP contribution in [0.5, 0.6) is 0 Å². The van der Waals surface area contributed by atoms with E-state index in [0.717, 1.165) is 58.4 Å². The van der Waals surface area contributed by atoms with E-state index in [1.165, 1.54) is 0 Å². The van der Waals surface area contributed by atoms with Gasteiger partial charge in [-0.25, -0.2) is 5.01 Å². The molecule has 1 heterocycles. The number of hydrazine groups is 1. The third kappa shape index (κ3) is 7.67. The quantitative estimate of drug-likeness (QED) is 0.490. The molecule has 0 aromatic carbocycles. The lowest BCUT2D eigenvalue weighted by Crippen LogP contribution is -2.52. The molecular formula is C13H26ClN3O3. The van der Waals surface area contributed by atoms with Crippen molar-refractivity contribution in [2.45, 2.75) is 32.6 Å². The average Bonchev–Trinajstić information content (AvgIpc) is 2.39. The number of hydrogen-bond donors (Lipinski definition) is 2. The fraction of sp³-hybridized carbons (Fsp3) is 0.846. The Labute approximate surface area is 126 Å².